The quantitative estimate of drug-likeness (QED) is 0.352. The number of nitrogens with zero attached hydrogens (tertiary/aromatic N) is 2. The molecule has 0 unspecified atom stereocenters. The molecule has 0 spiro atoms. The third kappa shape index (κ3) is 9.04. The number of hydrogen-bond acceptors (Lipinski definition) is 4. The lowest BCUT2D eigenvalue weighted by molar-refractivity contribution is -0.141. The van der Waals surface area contributed by atoms with Crippen molar-refractivity contribution in [1.82, 2.24) is 10.2 Å². The van der Waals surface area contributed by atoms with Crippen LogP contribution in [0.15, 0.2) is 48.5 Å². The lowest BCUT2D eigenvalue weighted by atomic mass is 10.1. The fourth-order valence-electron chi connectivity index (χ4n) is 4.07. The highest BCUT2D eigenvalue weighted by molar-refractivity contribution is 7.92. The van der Waals surface area contributed by atoms with E-state index >= 15 is 0 Å². The van der Waals surface area contributed by atoms with Crippen molar-refractivity contribution in [3.63, 3.8) is 0 Å². The Morgan fingerprint density at radius 3 is 2.19 bits per heavy atom. The second kappa shape index (κ2) is 14.4. The van der Waals surface area contributed by atoms with Crippen LogP contribution in [0.4, 0.5) is 5.69 Å². The number of aryl methyl sites for hydroxylation is 1. The molecule has 0 saturated carbocycles. The average Bonchev–Trinajstić information content (AvgIpc) is 2.86. The molecule has 2 atom stereocenters. The number of benzene rings is 2. The van der Waals surface area contributed by atoms with Crippen molar-refractivity contribution in [2.24, 2.45) is 0 Å². The van der Waals surface area contributed by atoms with Crippen LogP contribution in [0.1, 0.15) is 64.5 Å². The van der Waals surface area contributed by atoms with E-state index in [1.54, 1.807) is 23.1 Å². The number of amides is 2. The van der Waals surface area contributed by atoms with Gasteiger partial charge in [0.15, 0.2) is 0 Å². The van der Waals surface area contributed by atoms with E-state index < -0.39 is 16.1 Å². The van der Waals surface area contributed by atoms with Gasteiger partial charge in [-0.25, -0.2) is 8.42 Å². The Morgan fingerprint density at radius 1 is 1.00 bits per heavy atom. The summed E-state index contributed by atoms with van der Waals surface area (Å²) in [4.78, 5) is 28.2. The summed E-state index contributed by atoms with van der Waals surface area (Å²) in [7, 11) is -3.53. The minimum Gasteiger partial charge on any atom is -0.352 e. The zero-order valence-corrected chi connectivity index (χ0v) is 24.1. The van der Waals surface area contributed by atoms with E-state index in [9.17, 15) is 18.0 Å². The Hall–Kier alpha value is -2.58. The lowest BCUT2D eigenvalue weighted by Crippen LogP contribution is -2.50. The van der Waals surface area contributed by atoms with Gasteiger partial charge >= 0.3 is 0 Å². The van der Waals surface area contributed by atoms with Gasteiger partial charge in [-0.05, 0) is 61.9 Å². The molecule has 2 aromatic rings. The summed E-state index contributed by atoms with van der Waals surface area (Å²) in [6.45, 7) is 8.18. The van der Waals surface area contributed by atoms with Crippen LogP contribution < -0.4 is 9.62 Å². The predicted octanol–water partition coefficient (Wildman–Crippen LogP) is 5.17. The fraction of sp³-hybridized carbons (Fsp3) is 0.500. The number of carbonyl (C=O) groups excluding carboxylic acids is 2. The Bertz CT molecular complexity index is 1140. The van der Waals surface area contributed by atoms with E-state index in [2.05, 4.69) is 5.32 Å². The van der Waals surface area contributed by atoms with E-state index in [0.29, 0.717) is 23.6 Å². The van der Waals surface area contributed by atoms with Gasteiger partial charge in [-0.15, -0.1) is 0 Å². The molecule has 1 N–H and O–H groups in total. The van der Waals surface area contributed by atoms with Crippen molar-refractivity contribution < 1.29 is 18.0 Å². The fourth-order valence-corrected chi connectivity index (χ4v) is 5.23. The standard InChI is InChI=1S/C28H40ClN3O4S/c1-6-21(4)30-28(34)26(8-3)31(20-23-12-9-10-13-25(23)29)27(33)14-11-19-32(37(5,35)36)24-17-15-22(7-2)16-18-24/h9-10,12-13,15-18,21,26H,6-8,11,14,19-20H2,1-5H3,(H,30,34)/t21-,26-/m1/s1. The van der Waals surface area contributed by atoms with Gasteiger partial charge in [-0.2, -0.15) is 0 Å². The second-order valence-corrected chi connectivity index (χ2v) is 11.6. The first-order valence-electron chi connectivity index (χ1n) is 12.9. The molecular formula is C28H40ClN3O4S. The molecular weight excluding hydrogens is 510 g/mol. The normalized spacial score (nSPS) is 13.0. The van der Waals surface area contributed by atoms with Crippen molar-refractivity contribution in [2.45, 2.75) is 78.4 Å². The Balaban J connectivity index is 2.23. The van der Waals surface area contributed by atoms with Gasteiger partial charge in [-0.1, -0.05) is 62.7 Å². The van der Waals surface area contributed by atoms with Gasteiger partial charge in [0.2, 0.25) is 21.8 Å². The zero-order valence-electron chi connectivity index (χ0n) is 22.5. The molecule has 2 aromatic carbocycles. The minimum absolute atomic E-state index is 0.0127. The minimum atomic E-state index is -3.53. The number of hydrogen-bond donors (Lipinski definition) is 1. The summed E-state index contributed by atoms with van der Waals surface area (Å²) >= 11 is 6.38. The number of rotatable bonds is 14. The van der Waals surface area contributed by atoms with Crippen LogP contribution in [0.5, 0.6) is 0 Å². The van der Waals surface area contributed by atoms with E-state index in [1.807, 2.05) is 58.0 Å². The topological polar surface area (TPSA) is 86.8 Å². The average molecular weight is 550 g/mol. The summed E-state index contributed by atoms with van der Waals surface area (Å²) in [5.41, 5.74) is 2.43. The molecule has 9 heteroatoms. The van der Waals surface area contributed by atoms with Crippen molar-refractivity contribution in [3.05, 3.63) is 64.7 Å². The third-order valence-corrected chi connectivity index (χ3v) is 8.03. The van der Waals surface area contributed by atoms with Crippen molar-refractivity contribution >= 4 is 39.1 Å². The third-order valence-electron chi connectivity index (χ3n) is 6.47. The van der Waals surface area contributed by atoms with Crippen LogP contribution in [0.3, 0.4) is 0 Å². The summed E-state index contributed by atoms with van der Waals surface area (Å²) in [6, 6.07) is 14.0. The van der Waals surface area contributed by atoms with Crippen LogP contribution in [0.2, 0.25) is 5.02 Å². The van der Waals surface area contributed by atoms with Gasteiger partial charge in [-0.3, -0.25) is 13.9 Å². The highest BCUT2D eigenvalue weighted by Crippen LogP contribution is 2.22. The largest absolute Gasteiger partial charge is 0.352 e. The maximum absolute atomic E-state index is 13.5. The number of anilines is 1. The highest BCUT2D eigenvalue weighted by atomic mass is 35.5. The van der Waals surface area contributed by atoms with E-state index in [0.717, 1.165) is 24.0 Å². The van der Waals surface area contributed by atoms with Crippen LogP contribution in [0.25, 0.3) is 0 Å². The van der Waals surface area contributed by atoms with Gasteiger partial charge in [0.25, 0.3) is 0 Å². The summed E-state index contributed by atoms with van der Waals surface area (Å²) < 4.78 is 26.3. The molecule has 0 saturated heterocycles. The van der Waals surface area contributed by atoms with Crippen LogP contribution in [-0.2, 0) is 32.6 Å². The van der Waals surface area contributed by atoms with Crippen molar-refractivity contribution in [1.29, 1.82) is 0 Å². The second-order valence-electron chi connectivity index (χ2n) is 9.31. The first kappa shape index (κ1) is 30.6. The van der Waals surface area contributed by atoms with Crippen molar-refractivity contribution in [2.75, 3.05) is 17.1 Å². The molecule has 0 heterocycles. The van der Waals surface area contributed by atoms with Gasteiger partial charge in [0, 0.05) is 30.6 Å². The molecule has 0 aliphatic carbocycles. The van der Waals surface area contributed by atoms with Crippen LogP contribution in [-0.4, -0.2) is 50.0 Å². The monoisotopic (exact) mass is 549 g/mol. The molecule has 7 nitrogen and oxygen atoms in total. The molecule has 0 radical (unpaired) electrons. The van der Waals surface area contributed by atoms with Gasteiger partial charge in [0.05, 0.1) is 11.9 Å². The summed E-state index contributed by atoms with van der Waals surface area (Å²) in [6.07, 6.45) is 3.65. The maximum atomic E-state index is 13.5. The van der Waals surface area contributed by atoms with Crippen LogP contribution >= 0.6 is 11.6 Å². The molecule has 0 aliphatic rings. The van der Waals surface area contributed by atoms with E-state index in [1.165, 1.54) is 10.6 Å². The van der Waals surface area contributed by atoms with E-state index in [4.69, 9.17) is 11.6 Å². The predicted molar refractivity (Wildman–Crippen MR) is 151 cm³/mol. The van der Waals surface area contributed by atoms with Gasteiger partial charge in [0.1, 0.15) is 6.04 Å². The maximum Gasteiger partial charge on any atom is 0.243 e. The number of carbonyl (C=O) groups is 2. The molecule has 0 aliphatic heterocycles. The molecule has 2 rings (SSSR count). The molecule has 0 aromatic heterocycles. The number of sulfonamides is 1. The highest BCUT2D eigenvalue weighted by Gasteiger charge is 2.29. The molecule has 204 valence electrons. The molecule has 0 fully saturated rings. The summed E-state index contributed by atoms with van der Waals surface area (Å²) in [5, 5.41) is 3.51. The SMILES string of the molecule is CCc1ccc(N(CCCC(=O)N(Cc2ccccc2Cl)[C@H](CC)C(=O)N[C@H](C)CC)S(C)(=O)=O)cc1. The van der Waals surface area contributed by atoms with Crippen LogP contribution in [0, 0.1) is 0 Å². The molecule has 0 bridgehead atoms. The molecule has 37 heavy (non-hydrogen) atoms. The molecule has 2 amide bonds. The van der Waals surface area contributed by atoms with Gasteiger partial charge < -0.3 is 10.2 Å². The first-order chi connectivity index (χ1) is 17.5. The smallest absolute Gasteiger partial charge is 0.243 e. The Kier molecular flexibility index (Phi) is 11.9. The Morgan fingerprint density at radius 2 is 1.65 bits per heavy atom. The van der Waals surface area contributed by atoms with E-state index in [-0.39, 0.29) is 37.4 Å². The number of halogens is 1. The summed E-state index contributed by atoms with van der Waals surface area (Å²) in [5.74, 6) is -0.424. The Labute approximate surface area is 227 Å². The first-order valence-corrected chi connectivity index (χ1v) is 15.1. The number of nitrogens with one attached hydrogen (secondary N) is 1. The van der Waals surface area contributed by atoms with Crippen molar-refractivity contribution in [3.8, 4) is 0 Å². The lowest BCUT2D eigenvalue weighted by Gasteiger charge is -2.32. The zero-order chi connectivity index (χ0) is 27.6.